The first-order valence-corrected chi connectivity index (χ1v) is 4.61. The molecule has 0 spiro atoms. The first-order valence-electron chi connectivity index (χ1n) is 3.82. The van der Waals surface area contributed by atoms with Crippen molar-refractivity contribution in [3.8, 4) is 0 Å². The van der Waals surface area contributed by atoms with Gasteiger partial charge in [0.1, 0.15) is 0 Å². The van der Waals surface area contributed by atoms with Crippen LogP contribution in [0.2, 0.25) is 0 Å². The lowest BCUT2D eigenvalue weighted by atomic mass is 10.2. The summed E-state index contributed by atoms with van der Waals surface area (Å²) in [5, 5.41) is 0. The maximum absolute atomic E-state index is 11.4. The van der Waals surface area contributed by atoms with Crippen molar-refractivity contribution >= 4 is 21.8 Å². The van der Waals surface area contributed by atoms with Gasteiger partial charge in [0.2, 0.25) is 0 Å². The molecule has 1 aliphatic heterocycles. The molecule has 0 unspecified atom stereocenters. The Kier molecular flexibility index (Phi) is 1.89. The fourth-order valence-electron chi connectivity index (χ4n) is 1.03. The van der Waals surface area contributed by atoms with Gasteiger partial charge in [0.15, 0.2) is 0 Å². The van der Waals surface area contributed by atoms with Gasteiger partial charge in [-0.25, -0.2) is 0 Å². The number of halogens is 1. The number of rotatable bonds is 1. The van der Waals surface area contributed by atoms with Crippen molar-refractivity contribution in [1.29, 1.82) is 0 Å². The van der Waals surface area contributed by atoms with E-state index in [4.69, 9.17) is 0 Å². The van der Waals surface area contributed by atoms with E-state index in [1.54, 1.807) is 0 Å². The second-order valence-corrected chi connectivity index (χ2v) is 3.71. The Bertz CT molecular complexity index is 303. The highest BCUT2D eigenvalue weighted by Gasteiger charge is 2.24. The molecule has 0 aromatic heterocycles. The summed E-state index contributed by atoms with van der Waals surface area (Å²) in [6.45, 7) is 1.82. The lowest BCUT2D eigenvalue weighted by molar-refractivity contribution is 0.0885. The molecule has 0 radical (unpaired) electrons. The van der Waals surface area contributed by atoms with Crippen LogP contribution < -0.4 is 0 Å². The molecule has 1 aliphatic rings. The first-order chi connectivity index (χ1) is 5.77. The van der Waals surface area contributed by atoms with E-state index >= 15 is 0 Å². The second-order valence-electron chi connectivity index (χ2n) is 2.80. The Hall–Kier alpha value is -0.830. The average Bonchev–Trinajstić information content (AvgIpc) is 2.87. The molecule has 1 aromatic carbocycles. The minimum atomic E-state index is 0.141. The van der Waals surface area contributed by atoms with E-state index in [1.165, 1.54) is 0 Å². The summed E-state index contributed by atoms with van der Waals surface area (Å²) in [7, 11) is 0. The highest BCUT2D eigenvalue weighted by Crippen LogP contribution is 2.15. The van der Waals surface area contributed by atoms with Gasteiger partial charge < -0.3 is 4.90 Å². The van der Waals surface area contributed by atoms with Crippen LogP contribution in [0.25, 0.3) is 0 Å². The van der Waals surface area contributed by atoms with Crippen LogP contribution in [0, 0.1) is 0 Å². The van der Waals surface area contributed by atoms with Crippen molar-refractivity contribution in [1.82, 2.24) is 4.90 Å². The molecular weight excluding hydrogens is 218 g/mol. The minimum absolute atomic E-state index is 0.141. The number of carbonyl (C=O) groups is 1. The van der Waals surface area contributed by atoms with Crippen LogP contribution in [0.4, 0.5) is 0 Å². The van der Waals surface area contributed by atoms with Crippen LogP contribution in [-0.2, 0) is 0 Å². The maximum atomic E-state index is 11.4. The molecule has 1 amide bonds. The van der Waals surface area contributed by atoms with Gasteiger partial charge in [-0.1, -0.05) is 15.9 Å². The summed E-state index contributed by atoms with van der Waals surface area (Å²) < 4.78 is 1.00. The maximum Gasteiger partial charge on any atom is 0.253 e. The van der Waals surface area contributed by atoms with Crippen LogP contribution >= 0.6 is 15.9 Å². The largest absolute Gasteiger partial charge is 0.335 e. The lowest BCUT2D eigenvalue weighted by Gasteiger charge is -2.00. The third-order valence-corrected chi connectivity index (χ3v) is 2.35. The average molecular weight is 226 g/mol. The molecular formula is C9H8BrNO. The molecule has 0 bridgehead atoms. The van der Waals surface area contributed by atoms with Crippen molar-refractivity contribution in [2.75, 3.05) is 13.1 Å². The van der Waals surface area contributed by atoms with E-state index in [-0.39, 0.29) is 5.91 Å². The van der Waals surface area contributed by atoms with E-state index in [0.29, 0.717) is 0 Å². The zero-order valence-electron chi connectivity index (χ0n) is 6.46. The molecule has 0 aliphatic carbocycles. The number of hydrogen-bond acceptors (Lipinski definition) is 1. The number of hydrogen-bond donors (Lipinski definition) is 0. The highest BCUT2D eigenvalue weighted by atomic mass is 79.9. The van der Waals surface area contributed by atoms with Gasteiger partial charge in [-0.2, -0.15) is 0 Å². The Morgan fingerprint density at radius 1 is 1.25 bits per heavy atom. The van der Waals surface area contributed by atoms with Gasteiger partial charge >= 0.3 is 0 Å². The molecule has 2 nitrogen and oxygen atoms in total. The Labute approximate surface area is 79.3 Å². The third-order valence-electron chi connectivity index (χ3n) is 1.83. The minimum Gasteiger partial charge on any atom is -0.335 e. The number of benzene rings is 1. The van der Waals surface area contributed by atoms with Crippen LogP contribution in [0.1, 0.15) is 10.4 Å². The van der Waals surface area contributed by atoms with E-state index in [9.17, 15) is 4.79 Å². The van der Waals surface area contributed by atoms with E-state index in [1.807, 2.05) is 29.2 Å². The highest BCUT2D eigenvalue weighted by molar-refractivity contribution is 9.10. The van der Waals surface area contributed by atoms with E-state index in [2.05, 4.69) is 15.9 Å². The van der Waals surface area contributed by atoms with Crippen molar-refractivity contribution in [3.63, 3.8) is 0 Å². The summed E-state index contributed by atoms with van der Waals surface area (Å²) in [4.78, 5) is 13.2. The molecule has 1 saturated heterocycles. The van der Waals surface area contributed by atoms with Crippen molar-refractivity contribution in [3.05, 3.63) is 34.3 Å². The van der Waals surface area contributed by atoms with Crippen molar-refractivity contribution in [2.24, 2.45) is 0 Å². The van der Waals surface area contributed by atoms with Crippen LogP contribution in [0.3, 0.4) is 0 Å². The van der Waals surface area contributed by atoms with Crippen molar-refractivity contribution in [2.45, 2.75) is 0 Å². The fraction of sp³-hybridized carbons (Fsp3) is 0.222. The summed E-state index contributed by atoms with van der Waals surface area (Å²) in [5.74, 6) is 0.141. The second kappa shape index (κ2) is 2.90. The monoisotopic (exact) mass is 225 g/mol. The zero-order chi connectivity index (χ0) is 8.55. The molecule has 1 heterocycles. The smallest absolute Gasteiger partial charge is 0.253 e. The molecule has 3 heteroatoms. The number of carbonyl (C=O) groups excluding carboxylic acids is 1. The Morgan fingerprint density at radius 2 is 1.83 bits per heavy atom. The molecule has 1 aromatic rings. The first kappa shape index (κ1) is 7.80. The molecule has 0 saturated carbocycles. The van der Waals surface area contributed by atoms with Gasteiger partial charge in [-0.3, -0.25) is 4.79 Å². The molecule has 62 valence electrons. The molecule has 2 rings (SSSR count). The van der Waals surface area contributed by atoms with Gasteiger partial charge in [0.05, 0.1) is 0 Å². The lowest BCUT2D eigenvalue weighted by Crippen LogP contribution is -2.09. The van der Waals surface area contributed by atoms with E-state index < -0.39 is 0 Å². The number of amides is 1. The molecule has 1 fully saturated rings. The van der Waals surface area contributed by atoms with E-state index in [0.717, 1.165) is 23.1 Å². The Morgan fingerprint density at radius 3 is 2.33 bits per heavy atom. The summed E-state index contributed by atoms with van der Waals surface area (Å²) in [6, 6.07) is 7.45. The topological polar surface area (TPSA) is 20.1 Å². The standard InChI is InChI=1S/C9H8BrNO/c10-8-3-1-7(2-4-8)9(12)11-5-6-11/h1-4H,5-6H2. The summed E-state index contributed by atoms with van der Waals surface area (Å²) in [6.07, 6.45) is 0. The predicted octanol–water partition coefficient (Wildman–Crippen LogP) is 1.90. The van der Waals surface area contributed by atoms with Crippen LogP contribution in [-0.4, -0.2) is 23.9 Å². The SMILES string of the molecule is O=C(c1ccc(Br)cc1)N1CC1. The third kappa shape index (κ3) is 1.50. The summed E-state index contributed by atoms with van der Waals surface area (Å²) in [5.41, 5.74) is 0.774. The van der Waals surface area contributed by atoms with Crippen LogP contribution in [0.15, 0.2) is 28.7 Å². The number of nitrogens with zero attached hydrogens (tertiary/aromatic N) is 1. The molecule has 0 atom stereocenters. The van der Waals surface area contributed by atoms with Crippen LogP contribution in [0.5, 0.6) is 0 Å². The quantitative estimate of drug-likeness (QED) is 0.669. The van der Waals surface area contributed by atoms with Gasteiger partial charge in [0.25, 0.3) is 5.91 Å². The fourth-order valence-corrected chi connectivity index (χ4v) is 1.29. The predicted molar refractivity (Wildman–Crippen MR) is 50.0 cm³/mol. The van der Waals surface area contributed by atoms with Gasteiger partial charge in [0, 0.05) is 23.1 Å². The Balaban J connectivity index is 2.22. The summed E-state index contributed by atoms with van der Waals surface area (Å²) >= 11 is 3.32. The molecule has 12 heavy (non-hydrogen) atoms. The van der Waals surface area contributed by atoms with Gasteiger partial charge in [-0.05, 0) is 24.3 Å². The normalized spacial score (nSPS) is 14.6. The van der Waals surface area contributed by atoms with Crippen molar-refractivity contribution < 1.29 is 4.79 Å². The zero-order valence-corrected chi connectivity index (χ0v) is 8.04. The van der Waals surface area contributed by atoms with Gasteiger partial charge in [-0.15, -0.1) is 0 Å². The molecule has 0 N–H and O–H groups in total.